The minimum atomic E-state index is -0.389. The molecule has 1 aromatic heterocycles. The topological polar surface area (TPSA) is 64.1 Å². The molecule has 0 radical (unpaired) electrons. The number of para-hydroxylation sites is 1. The van der Waals surface area contributed by atoms with Crippen LogP contribution in [0.3, 0.4) is 0 Å². The number of carbonyl (C=O) groups is 1. The third-order valence-corrected chi connectivity index (χ3v) is 6.41. The van der Waals surface area contributed by atoms with Crippen molar-refractivity contribution in [2.45, 2.75) is 0 Å². The van der Waals surface area contributed by atoms with E-state index in [0.717, 1.165) is 13.1 Å². The Kier molecular flexibility index (Phi) is 5.71. The van der Waals surface area contributed by atoms with E-state index >= 15 is 0 Å². The lowest BCUT2D eigenvalue weighted by Gasteiger charge is -2.29. The van der Waals surface area contributed by atoms with Crippen LogP contribution in [0.5, 0.6) is 11.5 Å². The number of hydrogen-bond donors (Lipinski definition) is 0. The van der Waals surface area contributed by atoms with Crippen LogP contribution in [0.4, 0.5) is 9.52 Å². The zero-order valence-electron chi connectivity index (χ0n) is 16.9. The van der Waals surface area contributed by atoms with E-state index in [-0.39, 0.29) is 17.2 Å². The van der Waals surface area contributed by atoms with E-state index in [2.05, 4.69) is 9.88 Å². The second-order valence-corrected chi connectivity index (χ2v) is 8.36. The van der Waals surface area contributed by atoms with Gasteiger partial charge >= 0.3 is 0 Å². The molecule has 2 aromatic carbocycles. The Morgan fingerprint density at radius 3 is 2.71 bits per heavy atom. The van der Waals surface area contributed by atoms with E-state index in [1.165, 1.54) is 17.4 Å². The van der Waals surface area contributed by atoms with Crippen molar-refractivity contribution in [1.29, 1.82) is 0 Å². The van der Waals surface area contributed by atoms with Gasteiger partial charge in [0.25, 0.3) is 5.91 Å². The van der Waals surface area contributed by atoms with E-state index in [1.54, 1.807) is 29.2 Å². The minimum absolute atomic E-state index is 0.204. The molecule has 3 heterocycles. The average Bonchev–Trinajstić information content (AvgIpc) is 3.25. The number of carbonyl (C=O) groups excluding carboxylic acids is 1. The molecular weight excluding hydrogens is 421 g/mol. The van der Waals surface area contributed by atoms with Crippen LogP contribution in [-0.2, 0) is 4.74 Å². The Morgan fingerprint density at radius 1 is 1.10 bits per heavy atom. The standard InChI is InChI=1S/C22H22FN3O4S/c23-16-2-1-3-19-20(16)24-22(31-19)26(7-6-25-8-10-28-11-9-25)21(27)15-4-5-17-18(14-15)30-13-12-29-17/h1-5,14H,6-13H2. The van der Waals surface area contributed by atoms with E-state index in [0.29, 0.717) is 66.4 Å². The highest BCUT2D eigenvalue weighted by Gasteiger charge is 2.25. The summed E-state index contributed by atoms with van der Waals surface area (Å²) >= 11 is 1.31. The third-order valence-electron chi connectivity index (χ3n) is 5.37. The fourth-order valence-electron chi connectivity index (χ4n) is 3.70. The lowest BCUT2D eigenvalue weighted by atomic mass is 10.1. The Labute approximate surface area is 182 Å². The Balaban J connectivity index is 1.46. The normalized spacial score (nSPS) is 16.4. The third kappa shape index (κ3) is 4.21. The number of amides is 1. The summed E-state index contributed by atoms with van der Waals surface area (Å²) in [6, 6.07) is 10.0. The van der Waals surface area contributed by atoms with Gasteiger partial charge in [-0.05, 0) is 30.3 Å². The average molecular weight is 444 g/mol. The summed E-state index contributed by atoms with van der Waals surface area (Å²) in [4.78, 5) is 21.9. The number of fused-ring (bicyclic) bond motifs is 2. The predicted octanol–water partition coefficient (Wildman–Crippen LogP) is 3.19. The summed E-state index contributed by atoms with van der Waals surface area (Å²) < 4.78 is 31.6. The maximum absolute atomic E-state index is 14.2. The van der Waals surface area contributed by atoms with Gasteiger partial charge in [-0.1, -0.05) is 17.4 Å². The summed E-state index contributed by atoms with van der Waals surface area (Å²) in [5.41, 5.74) is 0.764. The number of morpholine rings is 1. The molecule has 0 spiro atoms. The number of hydrogen-bond acceptors (Lipinski definition) is 7. The van der Waals surface area contributed by atoms with E-state index in [9.17, 15) is 9.18 Å². The molecule has 7 nitrogen and oxygen atoms in total. The molecule has 0 aliphatic carbocycles. The van der Waals surface area contributed by atoms with Crippen molar-refractivity contribution in [3.05, 3.63) is 47.8 Å². The van der Waals surface area contributed by atoms with Crippen LogP contribution in [-0.4, -0.2) is 68.4 Å². The summed E-state index contributed by atoms with van der Waals surface area (Å²) in [5.74, 6) is 0.593. The molecule has 2 aliphatic heterocycles. The first-order chi connectivity index (χ1) is 15.2. The van der Waals surface area contributed by atoms with E-state index < -0.39 is 0 Å². The Morgan fingerprint density at radius 2 is 1.90 bits per heavy atom. The number of anilines is 1. The second kappa shape index (κ2) is 8.78. The van der Waals surface area contributed by atoms with Crippen molar-refractivity contribution in [1.82, 2.24) is 9.88 Å². The van der Waals surface area contributed by atoms with E-state index in [1.807, 2.05) is 6.07 Å². The maximum Gasteiger partial charge on any atom is 0.260 e. The van der Waals surface area contributed by atoms with Crippen molar-refractivity contribution >= 4 is 32.6 Å². The summed E-state index contributed by atoms with van der Waals surface area (Å²) in [6.07, 6.45) is 0. The van der Waals surface area contributed by atoms with Crippen molar-refractivity contribution in [2.75, 3.05) is 57.5 Å². The molecule has 162 valence electrons. The lowest BCUT2D eigenvalue weighted by molar-refractivity contribution is 0.0391. The van der Waals surface area contributed by atoms with Gasteiger partial charge in [-0.2, -0.15) is 0 Å². The number of rotatable bonds is 5. The fraction of sp³-hybridized carbons (Fsp3) is 0.364. The molecule has 3 aromatic rings. The monoisotopic (exact) mass is 443 g/mol. The molecule has 2 aliphatic rings. The lowest BCUT2D eigenvalue weighted by Crippen LogP contribution is -2.43. The van der Waals surface area contributed by atoms with Gasteiger partial charge in [0.05, 0.1) is 17.9 Å². The molecule has 1 fully saturated rings. The Hall–Kier alpha value is -2.75. The number of aromatic nitrogens is 1. The molecule has 0 N–H and O–H groups in total. The number of thiazole rings is 1. The summed E-state index contributed by atoms with van der Waals surface area (Å²) in [7, 11) is 0. The van der Waals surface area contributed by atoms with Crippen molar-refractivity contribution < 1.29 is 23.4 Å². The zero-order chi connectivity index (χ0) is 21.2. The van der Waals surface area contributed by atoms with Crippen LogP contribution in [0.2, 0.25) is 0 Å². The molecule has 1 amide bonds. The van der Waals surface area contributed by atoms with Crippen LogP contribution in [0.25, 0.3) is 10.2 Å². The van der Waals surface area contributed by atoms with Crippen LogP contribution in [0.15, 0.2) is 36.4 Å². The van der Waals surface area contributed by atoms with Gasteiger partial charge < -0.3 is 14.2 Å². The minimum Gasteiger partial charge on any atom is -0.486 e. The largest absolute Gasteiger partial charge is 0.486 e. The van der Waals surface area contributed by atoms with Crippen LogP contribution in [0.1, 0.15) is 10.4 Å². The predicted molar refractivity (Wildman–Crippen MR) is 116 cm³/mol. The Bertz CT molecular complexity index is 1100. The molecule has 1 saturated heterocycles. The van der Waals surface area contributed by atoms with Gasteiger partial charge in [0.15, 0.2) is 16.6 Å². The zero-order valence-corrected chi connectivity index (χ0v) is 17.7. The van der Waals surface area contributed by atoms with Crippen molar-refractivity contribution in [3.63, 3.8) is 0 Å². The molecule has 0 atom stereocenters. The molecule has 0 saturated carbocycles. The van der Waals surface area contributed by atoms with Gasteiger partial charge in [0, 0.05) is 31.7 Å². The molecule has 9 heteroatoms. The van der Waals surface area contributed by atoms with Crippen LogP contribution < -0.4 is 14.4 Å². The fourth-order valence-corrected chi connectivity index (χ4v) is 4.71. The number of benzene rings is 2. The van der Waals surface area contributed by atoms with Gasteiger partial charge in [-0.25, -0.2) is 9.37 Å². The highest BCUT2D eigenvalue weighted by Crippen LogP contribution is 2.34. The first kappa shape index (κ1) is 20.2. The van der Waals surface area contributed by atoms with Crippen molar-refractivity contribution in [2.24, 2.45) is 0 Å². The van der Waals surface area contributed by atoms with Crippen LogP contribution >= 0.6 is 11.3 Å². The summed E-state index contributed by atoms with van der Waals surface area (Å²) in [5, 5.41) is 0.480. The molecule has 0 unspecified atom stereocenters. The van der Waals surface area contributed by atoms with Gasteiger partial charge in [-0.3, -0.25) is 14.6 Å². The smallest absolute Gasteiger partial charge is 0.260 e. The number of halogens is 1. The second-order valence-electron chi connectivity index (χ2n) is 7.35. The maximum atomic E-state index is 14.2. The molecule has 31 heavy (non-hydrogen) atoms. The number of nitrogens with zero attached hydrogens (tertiary/aromatic N) is 3. The summed E-state index contributed by atoms with van der Waals surface area (Å²) in [6.45, 7) is 5.06. The first-order valence-electron chi connectivity index (χ1n) is 10.3. The quantitative estimate of drug-likeness (QED) is 0.604. The number of ether oxygens (including phenoxy) is 3. The van der Waals surface area contributed by atoms with Crippen molar-refractivity contribution in [3.8, 4) is 11.5 Å². The molecule has 5 rings (SSSR count). The SMILES string of the molecule is O=C(c1ccc2c(c1)OCCO2)N(CCN1CCOCC1)c1nc2c(F)cccc2s1. The first-order valence-corrected chi connectivity index (χ1v) is 11.1. The van der Waals surface area contributed by atoms with Gasteiger partial charge in [0.1, 0.15) is 24.5 Å². The van der Waals surface area contributed by atoms with Gasteiger partial charge in [0.2, 0.25) is 0 Å². The highest BCUT2D eigenvalue weighted by atomic mass is 32.1. The van der Waals surface area contributed by atoms with Crippen LogP contribution in [0, 0.1) is 5.82 Å². The van der Waals surface area contributed by atoms with E-state index in [4.69, 9.17) is 14.2 Å². The van der Waals surface area contributed by atoms with Gasteiger partial charge in [-0.15, -0.1) is 0 Å². The highest BCUT2D eigenvalue weighted by molar-refractivity contribution is 7.22. The molecular formula is C22H22FN3O4S. The molecule has 0 bridgehead atoms.